The zero-order chi connectivity index (χ0) is 14.4. The van der Waals surface area contributed by atoms with E-state index in [0.717, 1.165) is 45.2 Å². The molecule has 0 radical (unpaired) electrons. The number of piperidine rings is 1. The second-order valence-corrected chi connectivity index (χ2v) is 6.82. The number of unbranched alkanes of at least 4 members (excludes halogenated alkanes) is 1. The molecule has 1 heterocycles. The summed E-state index contributed by atoms with van der Waals surface area (Å²) in [7, 11) is 0. The van der Waals surface area contributed by atoms with E-state index in [2.05, 4.69) is 46.9 Å². The van der Waals surface area contributed by atoms with Crippen molar-refractivity contribution in [3.63, 3.8) is 0 Å². The van der Waals surface area contributed by atoms with Gasteiger partial charge in [0, 0.05) is 29.1 Å². The molecule has 2 rings (SSSR count). The van der Waals surface area contributed by atoms with E-state index in [-0.39, 0.29) is 24.4 Å². The molecule has 0 bridgehead atoms. The predicted molar refractivity (Wildman–Crippen MR) is 97.8 cm³/mol. The maximum atomic E-state index is 12.1. The fourth-order valence-corrected chi connectivity index (χ4v) is 3.01. The van der Waals surface area contributed by atoms with Crippen molar-refractivity contribution in [1.82, 2.24) is 4.90 Å². The largest absolute Gasteiger partial charge is 0.341 e. The maximum Gasteiger partial charge on any atom is 0.222 e. The molecule has 1 fully saturated rings. The highest BCUT2D eigenvalue weighted by Crippen LogP contribution is 2.13. The molecule has 5 heteroatoms. The van der Waals surface area contributed by atoms with Gasteiger partial charge in [-0.2, -0.15) is 0 Å². The van der Waals surface area contributed by atoms with Gasteiger partial charge in [-0.3, -0.25) is 4.79 Å². The highest BCUT2D eigenvalue weighted by Gasteiger charge is 2.20. The van der Waals surface area contributed by atoms with Crippen LogP contribution in [0.4, 0.5) is 0 Å². The topological polar surface area (TPSA) is 46.3 Å². The van der Waals surface area contributed by atoms with Gasteiger partial charge in [-0.1, -0.05) is 12.1 Å². The van der Waals surface area contributed by atoms with Crippen LogP contribution in [-0.2, 0) is 11.2 Å². The Balaban J connectivity index is 0.00000220. The first-order valence-corrected chi connectivity index (χ1v) is 8.51. The number of benzene rings is 1. The van der Waals surface area contributed by atoms with Crippen LogP contribution >= 0.6 is 35.0 Å². The van der Waals surface area contributed by atoms with E-state index in [0.29, 0.717) is 6.42 Å². The molecule has 0 spiro atoms. The summed E-state index contributed by atoms with van der Waals surface area (Å²) in [6.45, 7) is 1.64. The number of amides is 1. The van der Waals surface area contributed by atoms with E-state index < -0.39 is 0 Å². The average molecular weight is 423 g/mol. The molecule has 1 aromatic carbocycles. The number of hydrogen-bond acceptors (Lipinski definition) is 2. The molecule has 1 saturated heterocycles. The number of halogens is 2. The van der Waals surface area contributed by atoms with Gasteiger partial charge in [-0.25, -0.2) is 0 Å². The zero-order valence-corrected chi connectivity index (χ0v) is 15.2. The molecule has 3 nitrogen and oxygen atoms in total. The second-order valence-electron chi connectivity index (χ2n) is 5.58. The summed E-state index contributed by atoms with van der Waals surface area (Å²) in [5.74, 6) is 0.280. The molecule has 0 aromatic heterocycles. The molecular weight excluding hydrogens is 399 g/mol. The van der Waals surface area contributed by atoms with Crippen LogP contribution in [0.5, 0.6) is 0 Å². The molecule has 21 heavy (non-hydrogen) atoms. The van der Waals surface area contributed by atoms with Crippen LogP contribution in [0.2, 0.25) is 0 Å². The van der Waals surface area contributed by atoms with Crippen LogP contribution in [0.1, 0.15) is 37.7 Å². The van der Waals surface area contributed by atoms with Crippen LogP contribution in [0.25, 0.3) is 0 Å². The van der Waals surface area contributed by atoms with Gasteiger partial charge in [-0.05, 0) is 72.4 Å². The summed E-state index contributed by atoms with van der Waals surface area (Å²) >= 11 is 2.32. The van der Waals surface area contributed by atoms with Gasteiger partial charge in [-0.15, -0.1) is 12.4 Å². The van der Waals surface area contributed by atoms with Crippen LogP contribution in [-0.4, -0.2) is 29.9 Å². The lowest BCUT2D eigenvalue weighted by atomic mass is 10.0. The Labute approximate surface area is 147 Å². The average Bonchev–Trinajstić information content (AvgIpc) is 2.45. The first-order chi connectivity index (χ1) is 9.65. The Hall–Kier alpha value is -0.330. The lowest BCUT2D eigenvalue weighted by molar-refractivity contribution is -0.132. The summed E-state index contributed by atoms with van der Waals surface area (Å²) < 4.78 is 1.27. The monoisotopic (exact) mass is 422 g/mol. The van der Waals surface area contributed by atoms with E-state index in [9.17, 15) is 4.79 Å². The second kappa shape index (κ2) is 9.64. The fraction of sp³-hybridized carbons (Fsp3) is 0.562. The number of carbonyl (C=O) groups is 1. The minimum absolute atomic E-state index is 0. The van der Waals surface area contributed by atoms with Crippen molar-refractivity contribution >= 4 is 40.9 Å². The van der Waals surface area contributed by atoms with E-state index >= 15 is 0 Å². The van der Waals surface area contributed by atoms with Crippen molar-refractivity contribution in [1.29, 1.82) is 0 Å². The molecule has 1 amide bonds. The van der Waals surface area contributed by atoms with Crippen molar-refractivity contribution in [2.45, 2.75) is 44.6 Å². The number of carbonyl (C=O) groups excluding carboxylic acids is 1. The molecule has 1 atom stereocenters. The minimum atomic E-state index is 0. The van der Waals surface area contributed by atoms with Crippen molar-refractivity contribution in [2.24, 2.45) is 5.73 Å². The van der Waals surface area contributed by atoms with Crippen molar-refractivity contribution < 1.29 is 4.79 Å². The van der Waals surface area contributed by atoms with E-state index in [1.165, 1.54) is 9.13 Å². The molecule has 1 unspecified atom stereocenters. The third-order valence-corrected chi connectivity index (χ3v) is 4.55. The number of hydrogen-bond donors (Lipinski definition) is 1. The molecule has 1 aromatic rings. The summed E-state index contributed by atoms with van der Waals surface area (Å²) in [4.78, 5) is 14.0. The molecule has 0 saturated carbocycles. The van der Waals surface area contributed by atoms with Crippen LogP contribution in [0, 0.1) is 3.57 Å². The Bertz CT molecular complexity index is 438. The Morgan fingerprint density at radius 2 is 2.00 bits per heavy atom. The molecule has 1 aliphatic heterocycles. The van der Waals surface area contributed by atoms with E-state index in [4.69, 9.17) is 5.73 Å². The predicted octanol–water partition coefficient (Wildman–Crippen LogP) is 3.38. The standard InChI is InChI=1S/C16H23IN2O.ClH/c17-14-9-7-13(8-10-14)4-1-2-6-16(20)19-11-3-5-15(18)12-19;/h7-10,15H,1-6,11-12,18H2;1H. The third kappa shape index (κ3) is 6.53. The van der Waals surface area contributed by atoms with Crippen molar-refractivity contribution in [2.75, 3.05) is 13.1 Å². The van der Waals surface area contributed by atoms with Gasteiger partial charge in [0.15, 0.2) is 0 Å². The smallest absolute Gasteiger partial charge is 0.222 e. The summed E-state index contributed by atoms with van der Waals surface area (Å²) in [5, 5.41) is 0. The first-order valence-electron chi connectivity index (χ1n) is 7.43. The molecule has 1 aliphatic rings. The number of rotatable bonds is 5. The Morgan fingerprint density at radius 3 is 2.67 bits per heavy atom. The Morgan fingerprint density at radius 1 is 1.29 bits per heavy atom. The molecular formula is C16H24ClIN2O. The minimum Gasteiger partial charge on any atom is -0.341 e. The summed E-state index contributed by atoms with van der Waals surface area (Å²) in [6, 6.07) is 8.80. The number of nitrogens with two attached hydrogens (primary N) is 1. The zero-order valence-electron chi connectivity index (χ0n) is 12.3. The SMILES string of the molecule is Cl.NC1CCCN(C(=O)CCCCc2ccc(I)cc2)C1. The highest BCUT2D eigenvalue weighted by atomic mass is 127. The third-order valence-electron chi connectivity index (χ3n) is 3.83. The van der Waals surface area contributed by atoms with E-state index in [1.807, 2.05) is 4.90 Å². The summed E-state index contributed by atoms with van der Waals surface area (Å²) in [6.07, 6.45) is 5.87. The van der Waals surface area contributed by atoms with Gasteiger partial charge in [0.2, 0.25) is 5.91 Å². The Kier molecular flexibility index (Phi) is 8.59. The number of likely N-dealkylation sites (tertiary alicyclic amines) is 1. The van der Waals surface area contributed by atoms with Crippen LogP contribution in [0.3, 0.4) is 0 Å². The molecule has 118 valence electrons. The van der Waals surface area contributed by atoms with E-state index in [1.54, 1.807) is 0 Å². The van der Waals surface area contributed by atoms with Gasteiger partial charge in [0.25, 0.3) is 0 Å². The quantitative estimate of drug-likeness (QED) is 0.584. The van der Waals surface area contributed by atoms with Gasteiger partial charge >= 0.3 is 0 Å². The lowest BCUT2D eigenvalue weighted by Crippen LogP contribution is -2.45. The van der Waals surface area contributed by atoms with Crippen molar-refractivity contribution in [3.8, 4) is 0 Å². The highest BCUT2D eigenvalue weighted by molar-refractivity contribution is 14.1. The van der Waals surface area contributed by atoms with Crippen LogP contribution in [0.15, 0.2) is 24.3 Å². The van der Waals surface area contributed by atoms with Gasteiger partial charge in [0.05, 0.1) is 0 Å². The number of aryl methyl sites for hydroxylation is 1. The fourth-order valence-electron chi connectivity index (χ4n) is 2.65. The van der Waals surface area contributed by atoms with Gasteiger partial charge in [0.1, 0.15) is 0 Å². The number of nitrogens with zero attached hydrogens (tertiary/aromatic N) is 1. The lowest BCUT2D eigenvalue weighted by Gasteiger charge is -2.30. The molecule has 0 aliphatic carbocycles. The molecule has 2 N–H and O–H groups in total. The van der Waals surface area contributed by atoms with Crippen molar-refractivity contribution in [3.05, 3.63) is 33.4 Å². The summed E-state index contributed by atoms with van der Waals surface area (Å²) in [5.41, 5.74) is 7.27. The first kappa shape index (κ1) is 18.7. The normalized spacial score (nSPS) is 18.2. The van der Waals surface area contributed by atoms with Crippen LogP contribution < -0.4 is 5.73 Å². The maximum absolute atomic E-state index is 12.1. The van der Waals surface area contributed by atoms with Gasteiger partial charge < -0.3 is 10.6 Å².